The molecule has 3 nitrogen and oxygen atoms in total. The van der Waals surface area contributed by atoms with Crippen LogP contribution < -0.4 is 0 Å². The van der Waals surface area contributed by atoms with E-state index in [1.165, 1.54) is 0 Å². The molecule has 0 bridgehead atoms. The molecule has 0 aromatic heterocycles. The van der Waals surface area contributed by atoms with Gasteiger partial charge in [0.2, 0.25) is 0 Å². The summed E-state index contributed by atoms with van der Waals surface area (Å²) in [4.78, 5) is 10.8. The van der Waals surface area contributed by atoms with E-state index in [0.29, 0.717) is 18.6 Å². The first-order valence-electron chi connectivity index (χ1n) is 3.95. The summed E-state index contributed by atoms with van der Waals surface area (Å²) in [5.74, 6) is 1.18. The predicted molar refractivity (Wildman–Crippen MR) is 53.3 cm³/mol. The van der Waals surface area contributed by atoms with Gasteiger partial charge in [-0.3, -0.25) is 0 Å². The first kappa shape index (κ1) is 12.0. The Labute approximate surface area is 82.8 Å². The maximum absolute atomic E-state index is 10.8. The van der Waals surface area contributed by atoms with Crippen molar-refractivity contribution in [3.05, 3.63) is 12.2 Å². The third-order valence-electron chi connectivity index (χ3n) is 1.17. The quantitative estimate of drug-likeness (QED) is 0.371. The van der Waals surface area contributed by atoms with Crippen molar-refractivity contribution in [2.45, 2.75) is 13.3 Å². The molecular weight excluding hydrogens is 186 g/mol. The lowest BCUT2D eigenvalue weighted by atomic mass is 10.4. The molecule has 0 unspecified atom stereocenters. The topological polar surface area (TPSA) is 50.1 Å². The highest BCUT2D eigenvalue weighted by atomic mass is 32.2. The van der Waals surface area contributed by atoms with Crippen molar-refractivity contribution in [3.63, 3.8) is 0 Å². The molecule has 0 aliphatic heterocycles. The summed E-state index contributed by atoms with van der Waals surface area (Å²) in [6.45, 7) is 5.47. The summed E-state index contributed by atoms with van der Waals surface area (Å²) in [6, 6.07) is 2.04. The second-order valence-corrected chi connectivity index (χ2v) is 3.66. The molecule has 4 heteroatoms. The van der Waals surface area contributed by atoms with Gasteiger partial charge in [-0.25, -0.2) is 4.79 Å². The highest BCUT2D eigenvalue weighted by molar-refractivity contribution is 7.99. The van der Waals surface area contributed by atoms with Gasteiger partial charge in [-0.15, -0.1) is 0 Å². The molecule has 0 radical (unpaired) electrons. The first-order valence-corrected chi connectivity index (χ1v) is 5.11. The Morgan fingerprint density at radius 3 is 2.85 bits per heavy atom. The highest BCUT2D eigenvalue weighted by Crippen LogP contribution is 2.02. The van der Waals surface area contributed by atoms with Crippen LogP contribution in [0.2, 0.25) is 0 Å². The third kappa shape index (κ3) is 7.41. The molecule has 0 aromatic carbocycles. The van der Waals surface area contributed by atoms with Crippen molar-refractivity contribution in [1.82, 2.24) is 0 Å². The number of esters is 1. The van der Waals surface area contributed by atoms with Gasteiger partial charge in [-0.05, 0) is 6.92 Å². The Morgan fingerprint density at radius 1 is 1.62 bits per heavy atom. The lowest BCUT2D eigenvalue weighted by Gasteiger charge is -2.02. The van der Waals surface area contributed by atoms with Crippen LogP contribution >= 0.6 is 11.8 Å². The molecule has 0 fully saturated rings. The van der Waals surface area contributed by atoms with Gasteiger partial charge in [0.1, 0.15) is 6.61 Å². The number of carbonyl (C=O) groups is 1. The fraction of sp³-hybridized carbons (Fsp3) is 0.556. The first-order chi connectivity index (χ1) is 6.18. The van der Waals surface area contributed by atoms with Gasteiger partial charge in [-0.1, -0.05) is 6.58 Å². The number of nitrogens with zero attached hydrogens (tertiary/aromatic N) is 1. The standard InChI is InChI=1S/C9H13NO2S/c1-8(2)9(11)12-5-7-13-6-3-4-10/h1,3,5-7H2,2H3. The zero-order valence-corrected chi connectivity index (χ0v) is 8.52. The van der Waals surface area contributed by atoms with Crippen molar-refractivity contribution in [1.29, 1.82) is 5.26 Å². The largest absolute Gasteiger partial charge is 0.461 e. The SMILES string of the molecule is C=C(C)C(=O)OCCSCCC#N. The molecule has 0 aliphatic carbocycles. The number of rotatable bonds is 6. The molecule has 0 spiro atoms. The van der Waals surface area contributed by atoms with E-state index >= 15 is 0 Å². The average molecular weight is 199 g/mol. The molecule has 0 heterocycles. The fourth-order valence-electron chi connectivity index (χ4n) is 0.536. The second kappa shape index (κ2) is 7.69. The maximum Gasteiger partial charge on any atom is 0.333 e. The summed E-state index contributed by atoms with van der Waals surface area (Å²) < 4.78 is 4.84. The molecule has 0 saturated carbocycles. The third-order valence-corrected chi connectivity index (χ3v) is 2.12. The van der Waals surface area contributed by atoms with Crippen molar-refractivity contribution < 1.29 is 9.53 Å². The predicted octanol–water partition coefficient (Wildman–Crippen LogP) is 1.75. The van der Waals surface area contributed by atoms with E-state index < -0.39 is 0 Å². The second-order valence-electron chi connectivity index (χ2n) is 2.44. The summed E-state index contributed by atoms with van der Waals surface area (Å²) in [6.07, 6.45) is 0.541. The van der Waals surface area contributed by atoms with Crippen molar-refractivity contribution in [3.8, 4) is 6.07 Å². The molecule has 72 valence electrons. The van der Waals surface area contributed by atoms with E-state index in [9.17, 15) is 4.79 Å². The van der Waals surface area contributed by atoms with Crippen molar-refractivity contribution in [2.24, 2.45) is 0 Å². The Balaban J connectivity index is 3.22. The number of ether oxygens (including phenoxy) is 1. The van der Waals surface area contributed by atoms with Crippen molar-refractivity contribution >= 4 is 17.7 Å². The van der Waals surface area contributed by atoms with Gasteiger partial charge in [0.05, 0.1) is 6.07 Å². The van der Waals surface area contributed by atoms with Gasteiger partial charge in [0.15, 0.2) is 0 Å². The van der Waals surface area contributed by atoms with Crippen LogP contribution in [0, 0.1) is 11.3 Å². The molecule has 0 rings (SSSR count). The van der Waals surface area contributed by atoms with Crippen LogP contribution in [0.5, 0.6) is 0 Å². The van der Waals surface area contributed by atoms with Gasteiger partial charge >= 0.3 is 5.97 Å². The molecule has 0 N–H and O–H groups in total. The van der Waals surface area contributed by atoms with Gasteiger partial charge in [0, 0.05) is 23.5 Å². The molecular formula is C9H13NO2S. The molecule has 0 amide bonds. The molecule has 0 atom stereocenters. The van der Waals surface area contributed by atoms with Crippen LogP contribution in [0.3, 0.4) is 0 Å². The Bertz CT molecular complexity index is 220. The van der Waals surface area contributed by atoms with Crippen LogP contribution in [0.15, 0.2) is 12.2 Å². The number of carbonyl (C=O) groups excluding carboxylic acids is 1. The van der Waals surface area contributed by atoms with E-state index in [1.54, 1.807) is 18.7 Å². The number of thioether (sulfide) groups is 1. The van der Waals surface area contributed by atoms with Crippen LogP contribution in [0.1, 0.15) is 13.3 Å². The van der Waals surface area contributed by atoms with E-state index in [1.807, 2.05) is 6.07 Å². The smallest absolute Gasteiger partial charge is 0.333 e. The minimum atomic E-state index is -0.346. The summed E-state index contributed by atoms with van der Waals surface area (Å²) in [7, 11) is 0. The minimum absolute atomic E-state index is 0.346. The average Bonchev–Trinajstić information content (AvgIpc) is 2.10. The number of hydrogen-bond donors (Lipinski definition) is 0. The summed E-state index contributed by atoms with van der Waals surface area (Å²) in [5, 5.41) is 8.22. The van der Waals surface area contributed by atoms with Crippen molar-refractivity contribution in [2.75, 3.05) is 18.1 Å². The minimum Gasteiger partial charge on any atom is -0.461 e. The van der Waals surface area contributed by atoms with Crippen LogP contribution in [0.25, 0.3) is 0 Å². The zero-order valence-electron chi connectivity index (χ0n) is 7.71. The number of nitriles is 1. The van der Waals surface area contributed by atoms with E-state index in [-0.39, 0.29) is 5.97 Å². The lowest BCUT2D eigenvalue weighted by molar-refractivity contribution is -0.138. The highest BCUT2D eigenvalue weighted by Gasteiger charge is 2.01. The van der Waals surface area contributed by atoms with E-state index in [4.69, 9.17) is 10.00 Å². The molecule has 0 saturated heterocycles. The van der Waals surface area contributed by atoms with E-state index in [0.717, 1.165) is 11.5 Å². The monoisotopic (exact) mass is 199 g/mol. The summed E-state index contributed by atoms with van der Waals surface area (Å²) >= 11 is 1.60. The lowest BCUT2D eigenvalue weighted by Crippen LogP contribution is -2.07. The zero-order chi connectivity index (χ0) is 10.1. The molecule has 0 aliphatic rings. The van der Waals surface area contributed by atoms with Crippen LogP contribution in [0.4, 0.5) is 0 Å². The van der Waals surface area contributed by atoms with Crippen LogP contribution in [-0.4, -0.2) is 24.1 Å². The summed E-state index contributed by atoms with van der Waals surface area (Å²) in [5.41, 5.74) is 0.419. The maximum atomic E-state index is 10.8. The van der Waals surface area contributed by atoms with Gasteiger partial charge in [0.25, 0.3) is 0 Å². The fourth-order valence-corrected chi connectivity index (χ4v) is 1.18. The number of hydrogen-bond acceptors (Lipinski definition) is 4. The Hall–Kier alpha value is -0.950. The van der Waals surface area contributed by atoms with Crippen LogP contribution in [-0.2, 0) is 9.53 Å². The van der Waals surface area contributed by atoms with Gasteiger partial charge < -0.3 is 4.74 Å². The molecule has 13 heavy (non-hydrogen) atoms. The molecule has 0 aromatic rings. The Kier molecular flexibility index (Phi) is 7.12. The normalized spacial score (nSPS) is 8.92. The van der Waals surface area contributed by atoms with E-state index in [2.05, 4.69) is 6.58 Å². The Morgan fingerprint density at radius 2 is 2.31 bits per heavy atom. The van der Waals surface area contributed by atoms with Gasteiger partial charge in [-0.2, -0.15) is 17.0 Å².